The van der Waals surface area contributed by atoms with Gasteiger partial charge >= 0.3 is 0 Å². The first-order valence-corrected chi connectivity index (χ1v) is 7.69. The summed E-state index contributed by atoms with van der Waals surface area (Å²) < 4.78 is 53.9. The number of hydrogen-bond donors (Lipinski definition) is 1. The van der Waals surface area contributed by atoms with E-state index in [1.807, 2.05) is 13.1 Å². The van der Waals surface area contributed by atoms with E-state index in [9.17, 15) is 1.37 Å². The van der Waals surface area contributed by atoms with Gasteiger partial charge in [-0.3, -0.25) is 0 Å². The minimum atomic E-state index is -2.02. The van der Waals surface area contributed by atoms with Gasteiger partial charge in [0.25, 0.3) is 0 Å². The molecule has 1 spiro atoms. The number of likely N-dealkylation sites (N-methyl/N-ethyl adjacent to an activating group) is 1. The maximum absolute atomic E-state index is 9.29. The molecule has 4 aliphatic rings. The zero-order valence-corrected chi connectivity index (χ0v) is 12.6. The summed E-state index contributed by atoms with van der Waals surface area (Å²) in [5.74, 6) is 0.295. The van der Waals surface area contributed by atoms with Gasteiger partial charge in [0, 0.05) is 22.9 Å². The van der Waals surface area contributed by atoms with Gasteiger partial charge in [0.15, 0.2) is 11.5 Å². The average molecular weight is 304 g/mol. The molecule has 4 nitrogen and oxygen atoms in total. The molecule has 1 saturated heterocycles. The van der Waals surface area contributed by atoms with Crippen molar-refractivity contribution in [2.24, 2.45) is 5.92 Å². The van der Waals surface area contributed by atoms with Crippen LogP contribution >= 0.6 is 0 Å². The smallest absolute Gasteiger partial charge is 0.211 e. The number of rotatable bonds is 2. The van der Waals surface area contributed by atoms with Crippen molar-refractivity contribution in [3.05, 3.63) is 35.4 Å². The van der Waals surface area contributed by atoms with Crippen molar-refractivity contribution in [1.29, 1.82) is 1.43 Å². The molecule has 1 N–H and O–H groups in total. The third kappa shape index (κ3) is 1.28. The molecular formula is C18H21NO3. The second kappa shape index (κ2) is 4.06. The van der Waals surface area contributed by atoms with Crippen LogP contribution in [0.2, 0.25) is 0 Å². The fraction of sp³-hybridized carbons (Fsp3) is 0.556. The minimum Gasteiger partial charge on any atom is -0.493 e. The number of ether oxygens (including phenoxy) is 2. The fourth-order valence-electron chi connectivity index (χ4n) is 4.84. The number of likely N-dealkylation sites (tertiary alicyclic amines) is 1. The maximum atomic E-state index is 9.29. The SMILES string of the molecule is [2H]OC1([2H])C=C[C@H]2[C@H]3Cc4c([2H])c([2H])c(OC)c5c4[C@@]2(CCN3C)C1([2H])O5. The highest BCUT2D eigenvalue weighted by atomic mass is 16.5. The van der Waals surface area contributed by atoms with Gasteiger partial charge in [0.1, 0.15) is 12.2 Å². The Labute approximate surface area is 137 Å². The highest BCUT2D eigenvalue weighted by Crippen LogP contribution is 2.62. The van der Waals surface area contributed by atoms with Crippen LogP contribution in [0.25, 0.3) is 0 Å². The minimum absolute atomic E-state index is 0.0361. The number of piperidine rings is 1. The first-order valence-electron chi connectivity index (χ1n) is 10.1. The molecule has 0 aromatic heterocycles. The Morgan fingerprint density at radius 2 is 2.45 bits per heavy atom. The van der Waals surface area contributed by atoms with Crippen molar-refractivity contribution in [2.75, 3.05) is 20.7 Å². The normalized spacial score (nSPS) is 50.9. The molecule has 1 aromatic rings. The Hall–Kier alpha value is -1.52. The summed E-state index contributed by atoms with van der Waals surface area (Å²) in [5, 5.41) is 4.76. The van der Waals surface area contributed by atoms with Crippen molar-refractivity contribution in [3.8, 4) is 11.5 Å². The van der Waals surface area contributed by atoms with E-state index in [4.69, 9.17) is 20.1 Å². The largest absolute Gasteiger partial charge is 0.493 e. The van der Waals surface area contributed by atoms with Crippen molar-refractivity contribution in [3.63, 3.8) is 0 Å². The summed E-state index contributed by atoms with van der Waals surface area (Å²) in [4.78, 5) is 2.22. The molecule has 1 aromatic carbocycles. The van der Waals surface area contributed by atoms with Gasteiger partial charge in [-0.05, 0) is 38.0 Å². The fourth-order valence-corrected chi connectivity index (χ4v) is 4.84. The molecule has 5 atom stereocenters. The third-order valence-corrected chi connectivity index (χ3v) is 5.82. The molecule has 2 heterocycles. The van der Waals surface area contributed by atoms with Gasteiger partial charge in [-0.25, -0.2) is 0 Å². The van der Waals surface area contributed by atoms with E-state index >= 15 is 0 Å². The molecule has 2 aliphatic carbocycles. The van der Waals surface area contributed by atoms with Gasteiger partial charge < -0.3 is 19.5 Å². The Kier molecular flexibility index (Phi) is 1.65. The van der Waals surface area contributed by atoms with Crippen LogP contribution < -0.4 is 9.47 Å². The number of hydrogen-bond acceptors (Lipinski definition) is 4. The zero-order chi connectivity index (χ0) is 19.4. The van der Waals surface area contributed by atoms with Gasteiger partial charge in [-0.2, -0.15) is 0 Å². The lowest BCUT2D eigenvalue weighted by atomic mass is 9.53. The van der Waals surface area contributed by atoms with E-state index in [0.717, 1.165) is 0 Å². The molecule has 5 rings (SSSR count). The summed E-state index contributed by atoms with van der Waals surface area (Å²) >= 11 is 0. The first-order chi connectivity index (χ1) is 12.8. The Bertz CT molecular complexity index is 894. The van der Waals surface area contributed by atoms with Gasteiger partial charge in [-0.1, -0.05) is 18.2 Å². The van der Waals surface area contributed by atoms with E-state index in [-0.39, 0.29) is 35.5 Å². The Morgan fingerprint density at radius 3 is 3.27 bits per heavy atom. The van der Waals surface area contributed by atoms with Crippen LogP contribution in [0.3, 0.4) is 0 Å². The molecule has 2 unspecified atom stereocenters. The standard InChI is InChI=1S/C18H21NO3/c1-19-8-7-18-11-4-5-13(20)17(18)22-16-14(21-2)6-3-10(15(16)18)9-12(11)19/h3-6,11-13,17,20H,7-9H2,1-2H3/t11-,12+,13?,17?,18-/m0/s1/i3D,6D,13D,17D,20D. The van der Waals surface area contributed by atoms with Crippen molar-refractivity contribution >= 4 is 0 Å². The van der Waals surface area contributed by atoms with E-state index in [1.165, 1.54) is 13.2 Å². The Morgan fingerprint density at radius 1 is 1.55 bits per heavy atom. The summed E-state index contributed by atoms with van der Waals surface area (Å²) in [7, 11) is 3.44. The third-order valence-electron chi connectivity index (χ3n) is 5.82. The molecule has 4 heteroatoms. The van der Waals surface area contributed by atoms with Crippen molar-refractivity contribution in [2.45, 2.75) is 36.5 Å². The zero-order valence-electron chi connectivity index (χ0n) is 17.6. The number of nitrogens with zero attached hydrogens (tertiary/aromatic N) is 1. The summed E-state index contributed by atoms with van der Waals surface area (Å²) in [6.45, 7) is 0.713. The molecule has 1 fully saturated rings. The molecule has 2 aliphatic heterocycles. The molecule has 22 heavy (non-hydrogen) atoms. The first kappa shape index (κ1) is 8.94. The number of aliphatic hydroxyl groups is 1. The van der Waals surface area contributed by atoms with Crippen molar-refractivity contribution in [1.82, 2.24) is 4.90 Å². The van der Waals surface area contributed by atoms with Crippen LogP contribution in [-0.4, -0.2) is 50.3 Å². The summed E-state index contributed by atoms with van der Waals surface area (Å²) in [6, 6.07) is 0.0573. The topological polar surface area (TPSA) is 41.9 Å². The van der Waals surface area contributed by atoms with Gasteiger partial charge in [0.05, 0.1) is 12.6 Å². The molecular weight excluding hydrogens is 278 g/mol. The molecule has 0 radical (unpaired) electrons. The van der Waals surface area contributed by atoms with E-state index in [1.54, 1.807) is 0 Å². The van der Waals surface area contributed by atoms with Crippen LogP contribution in [0.15, 0.2) is 24.2 Å². The highest BCUT2D eigenvalue weighted by Gasteiger charge is 2.64. The van der Waals surface area contributed by atoms with E-state index in [0.29, 0.717) is 30.5 Å². The monoisotopic (exact) mass is 304 g/mol. The van der Waals surface area contributed by atoms with Crippen LogP contribution in [0.1, 0.15) is 23.0 Å². The second-order valence-electron chi connectivity index (χ2n) is 6.62. The molecule has 2 bridgehead atoms. The lowest BCUT2D eigenvalue weighted by Gasteiger charge is -2.56. The Balaban J connectivity index is 1.92. The van der Waals surface area contributed by atoms with Crippen LogP contribution in [0.5, 0.6) is 11.5 Å². The van der Waals surface area contributed by atoms with Gasteiger partial charge in [0.2, 0.25) is 1.43 Å². The lowest BCUT2D eigenvalue weighted by molar-refractivity contribution is -0.0453. The maximum Gasteiger partial charge on any atom is 0.211 e. The van der Waals surface area contributed by atoms with Crippen LogP contribution in [-0.2, 0) is 11.8 Å². The summed E-state index contributed by atoms with van der Waals surface area (Å²) in [5.41, 5.74) is 0.490. The predicted molar refractivity (Wildman–Crippen MR) is 82.5 cm³/mol. The second-order valence-corrected chi connectivity index (χ2v) is 6.62. The average Bonchev–Trinajstić information content (AvgIpc) is 2.92. The molecule has 0 amide bonds. The molecule has 0 saturated carbocycles. The highest BCUT2D eigenvalue weighted by molar-refractivity contribution is 5.62. The van der Waals surface area contributed by atoms with Crippen LogP contribution in [0.4, 0.5) is 0 Å². The lowest BCUT2D eigenvalue weighted by Crippen LogP contribution is -2.64. The van der Waals surface area contributed by atoms with E-state index in [2.05, 4.69) is 4.90 Å². The summed E-state index contributed by atoms with van der Waals surface area (Å²) in [6.07, 6.45) is 0.549. The predicted octanol–water partition coefficient (Wildman–Crippen LogP) is 1.50. The van der Waals surface area contributed by atoms with Gasteiger partial charge in [-0.15, -0.1) is 0 Å². The number of methoxy groups -OCH3 is 1. The van der Waals surface area contributed by atoms with E-state index < -0.39 is 17.6 Å². The van der Waals surface area contributed by atoms with Crippen LogP contribution in [0, 0.1) is 5.92 Å². The number of benzene rings is 1. The quantitative estimate of drug-likeness (QED) is 0.841. The van der Waals surface area contributed by atoms with Crippen molar-refractivity contribution < 1.29 is 20.1 Å². The molecule has 116 valence electrons.